The van der Waals surface area contributed by atoms with E-state index in [1.165, 1.54) is 17.0 Å². The van der Waals surface area contributed by atoms with Crippen LogP contribution < -0.4 is 5.32 Å². The van der Waals surface area contributed by atoms with E-state index < -0.39 is 5.82 Å². The first-order chi connectivity index (χ1) is 8.08. The van der Waals surface area contributed by atoms with Crippen molar-refractivity contribution in [2.75, 3.05) is 25.0 Å². The lowest BCUT2D eigenvalue weighted by Gasteiger charge is -2.20. The molecule has 2 N–H and O–H groups in total. The van der Waals surface area contributed by atoms with Crippen LogP contribution in [0.1, 0.15) is 6.92 Å². The maximum absolute atomic E-state index is 13.1. The largest absolute Gasteiger partial charge is 0.395 e. The minimum absolute atomic E-state index is 0.00528. The van der Waals surface area contributed by atoms with Gasteiger partial charge in [0, 0.05) is 18.8 Å². The normalized spacial score (nSPS) is 10.1. The Labute approximate surface area is 104 Å². The molecule has 4 nitrogen and oxygen atoms in total. The van der Waals surface area contributed by atoms with Crippen LogP contribution in [0, 0.1) is 5.82 Å². The van der Waals surface area contributed by atoms with Crippen LogP contribution >= 0.6 is 11.6 Å². The summed E-state index contributed by atoms with van der Waals surface area (Å²) in [6.45, 7) is 2.37. The van der Waals surface area contributed by atoms with Crippen LogP contribution in [-0.4, -0.2) is 35.7 Å². The first kappa shape index (κ1) is 13.7. The number of rotatable bonds is 4. The van der Waals surface area contributed by atoms with Crippen LogP contribution in [0.25, 0.3) is 0 Å². The molecule has 1 rings (SSSR count). The predicted molar refractivity (Wildman–Crippen MR) is 64.8 cm³/mol. The highest BCUT2D eigenvalue weighted by Gasteiger charge is 2.11. The van der Waals surface area contributed by atoms with Gasteiger partial charge in [-0.25, -0.2) is 9.18 Å². The number of aliphatic hydroxyl groups excluding tert-OH is 1. The molecular formula is C11H14ClFN2O2. The van der Waals surface area contributed by atoms with Crippen molar-refractivity contribution in [1.82, 2.24) is 4.90 Å². The highest BCUT2D eigenvalue weighted by molar-refractivity contribution is 6.30. The summed E-state index contributed by atoms with van der Waals surface area (Å²) in [5.41, 5.74) is 0.327. The van der Waals surface area contributed by atoms with Gasteiger partial charge in [0.2, 0.25) is 0 Å². The van der Waals surface area contributed by atoms with E-state index in [0.29, 0.717) is 12.2 Å². The summed E-state index contributed by atoms with van der Waals surface area (Å²) >= 11 is 5.53. The molecule has 0 saturated carbocycles. The fraction of sp³-hybridized carbons (Fsp3) is 0.364. The summed E-state index contributed by atoms with van der Waals surface area (Å²) < 4.78 is 13.1. The molecule has 0 bridgehead atoms. The summed E-state index contributed by atoms with van der Waals surface area (Å²) in [5.74, 6) is -0.588. The lowest BCUT2D eigenvalue weighted by molar-refractivity contribution is 0.192. The standard InChI is InChI=1S/C11H14ClFN2O2/c1-2-15(5-6-16)11(17)14-8-3-4-9(12)10(13)7-8/h3-4,7,16H,2,5-6H2,1H3,(H,14,17). The Balaban J connectivity index is 2.69. The number of urea groups is 1. The Kier molecular flexibility index (Phi) is 5.18. The van der Waals surface area contributed by atoms with Crippen molar-refractivity contribution in [3.8, 4) is 0 Å². The zero-order chi connectivity index (χ0) is 12.8. The van der Waals surface area contributed by atoms with Crippen molar-refractivity contribution in [3.05, 3.63) is 29.0 Å². The van der Waals surface area contributed by atoms with E-state index in [1.807, 2.05) is 0 Å². The molecule has 0 aliphatic heterocycles. The number of hydrogen-bond donors (Lipinski definition) is 2. The molecule has 1 aromatic rings. The van der Waals surface area contributed by atoms with Crippen LogP contribution in [0.4, 0.5) is 14.9 Å². The average Bonchev–Trinajstić information content (AvgIpc) is 2.30. The molecule has 0 heterocycles. The molecule has 0 spiro atoms. The predicted octanol–water partition coefficient (Wildman–Crippen LogP) is 2.33. The maximum atomic E-state index is 13.1. The number of anilines is 1. The van der Waals surface area contributed by atoms with Crippen molar-refractivity contribution in [2.45, 2.75) is 6.92 Å². The molecular weight excluding hydrogens is 247 g/mol. The molecule has 0 atom stereocenters. The molecule has 2 amide bonds. The second kappa shape index (κ2) is 6.42. The van der Waals surface area contributed by atoms with Gasteiger partial charge in [-0.3, -0.25) is 0 Å². The van der Waals surface area contributed by atoms with Crippen molar-refractivity contribution < 1.29 is 14.3 Å². The molecule has 0 fully saturated rings. The number of aliphatic hydroxyl groups is 1. The van der Waals surface area contributed by atoms with Gasteiger partial charge in [-0.1, -0.05) is 11.6 Å². The van der Waals surface area contributed by atoms with Crippen molar-refractivity contribution in [2.24, 2.45) is 0 Å². The van der Waals surface area contributed by atoms with Gasteiger partial charge in [0.1, 0.15) is 5.82 Å². The summed E-state index contributed by atoms with van der Waals surface area (Å²) in [6, 6.07) is 3.64. The number of carbonyl (C=O) groups excluding carboxylic acids is 1. The number of halogens is 2. The summed E-state index contributed by atoms with van der Waals surface area (Å²) in [7, 11) is 0. The molecule has 0 radical (unpaired) electrons. The number of carbonyl (C=O) groups is 1. The van der Waals surface area contributed by atoms with Crippen LogP contribution in [-0.2, 0) is 0 Å². The topological polar surface area (TPSA) is 52.6 Å². The highest BCUT2D eigenvalue weighted by Crippen LogP contribution is 2.18. The molecule has 6 heteroatoms. The molecule has 0 aliphatic rings. The van der Waals surface area contributed by atoms with E-state index in [4.69, 9.17) is 16.7 Å². The minimum Gasteiger partial charge on any atom is -0.395 e. The van der Waals surface area contributed by atoms with Crippen LogP contribution in [0.15, 0.2) is 18.2 Å². The minimum atomic E-state index is -0.588. The maximum Gasteiger partial charge on any atom is 0.321 e. The number of nitrogens with zero attached hydrogens (tertiary/aromatic N) is 1. The van der Waals surface area contributed by atoms with E-state index >= 15 is 0 Å². The Morgan fingerprint density at radius 1 is 1.59 bits per heavy atom. The third-order valence-electron chi connectivity index (χ3n) is 2.21. The fourth-order valence-corrected chi connectivity index (χ4v) is 1.42. The number of benzene rings is 1. The van der Waals surface area contributed by atoms with E-state index in [2.05, 4.69) is 5.32 Å². The van der Waals surface area contributed by atoms with E-state index in [-0.39, 0.29) is 24.2 Å². The zero-order valence-electron chi connectivity index (χ0n) is 9.41. The fourth-order valence-electron chi connectivity index (χ4n) is 1.30. The number of amides is 2. The second-order valence-electron chi connectivity index (χ2n) is 3.36. The van der Waals surface area contributed by atoms with Gasteiger partial charge in [0.25, 0.3) is 0 Å². The third kappa shape index (κ3) is 3.87. The second-order valence-corrected chi connectivity index (χ2v) is 3.77. The molecule has 1 aromatic carbocycles. The van der Waals surface area contributed by atoms with Crippen LogP contribution in [0.3, 0.4) is 0 Å². The Morgan fingerprint density at radius 2 is 2.29 bits per heavy atom. The van der Waals surface area contributed by atoms with Gasteiger partial charge in [-0.2, -0.15) is 0 Å². The van der Waals surface area contributed by atoms with E-state index in [9.17, 15) is 9.18 Å². The molecule has 0 unspecified atom stereocenters. The Morgan fingerprint density at radius 3 is 2.82 bits per heavy atom. The molecule has 17 heavy (non-hydrogen) atoms. The first-order valence-electron chi connectivity index (χ1n) is 5.20. The molecule has 0 aromatic heterocycles. The van der Waals surface area contributed by atoms with Gasteiger partial charge in [-0.15, -0.1) is 0 Å². The molecule has 0 aliphatic carbocycles. The lowest BCUT2D eigenvalue weighted by Crippen LogP contribution is -2.36. The molecule has 94 valence electrons. The summed E-state index contributed by atoms with van der Waals surface area (Å²) in [6.07, 6.45) is 0. The van der Waals surface area contributed by atoms with Gasteiger partial charge < -0.3 is 15.3 Å². The summed E-state index contributed by atoms with van der Waals surface area (Å²) in [4.78, 5) is 13.1. The van der Waals surface area contributed by atoms with Gasteiger partial charge in [0.15, 0.2) is 0 Å². The highest BCUT2D eigenvalue weighted by atomic mass is 35.5. The third-order valence-corrected chi connectivity index (χ3v) is 2.52. The smallest absolute Gasteiger partial charge is 0.321 e. The van der Waals surface area contributed by atoms with Crippen molar-refractivity contribution in [1.29, 1.82) is 0 Å². The number of hydrogen-bond acceptors (Lipinski definition) is 2. The monoisotopic (exact) mass is 260 g/mol. The van der Waals surface area contributed by atoms with Crippen LogP contribution in [0.2, 0.25) is 5.02 Å². The quantitative estimate of drug-likeness (QED) is 0.873. The van der Waals surface area contributed by atoms with Gasteiger partial charge in [-0.05, 0) is 25.1 Å². The van der Waals surface area contributed by atoms with Crippen molar-refractivity contribution >= 4 is 23.3 Å². The Hall–Kier alpha value is -1.33. The van der Waals surface area contributed by atoms with E-state index in [0.717, 1.165) is 6.07 Å². The van der Waals surface area contributed by atoms with Crippen LogP contribution in [0.5, 0.6) is 0 Å². The van der Waals surface area contributed by atoms with Gasteiger partial charge >= 0.3 is 6.03 Å². The lowest BCUT2D eigenvalue weighted by atomic mass is 10.3. The number of nitrogens with one attached hydrogen (secondary N) is 1. The van der Waals surface area contributed by atoms with Gasteiger partial charge in [0.05, 0.1) is 11.6 Å². The van der Waals surface area contributed by atoms with E-state index in [1.54, 1.807) is 6.92 Å². The zero-order valence-corrected chi connectivity index (χ0v) is 10.2. The SMILES string of the molecule is CCN(CCO)C(=O)Nc1ccc(Cl)c(F)c1. The first-order valence-corrected chi connectivity index (χ1v) is 5.58. The Bertz CT molecular complexity index is 401. The summed E-state index contributed by atoms with van der Waals surface area (Å²) in [5, 5.41) is 11.3. The molecule has 0 saturated heterocycles. The average molecular weight is 261 g/mol. The number of likely N-dealkylation sites (N-methyl/N-ethyl adjacent to an activating group) is 1. The van der Waals surface area contributed by atoms with Crippen molar-refractivity contribution in [3.63, 3.8) is 0 Å².